The van der Waals surface area contributed by atoms with E-state index in [9.17, 15) is 4.79 Å². The summed E-state index contributed by atoms with van der Waals surface area (Å²) < 4.78 is 16.4. The highest BCUT2D eigenvalue weighted by Crippen LogP contribution is 2.34. The molecule has 0 aliphatic heterocycles. The van der Waals surface area contributed by atoms with Crippen LogP contribution in [-0.4, -0.2) is 25.1 Å². The molecular weight excluding hydrogens is 394 g/mol. The van der Waals surface area contributed by atoms with Gasteiger partial charge >= 0.3 is 0 Å². The first-order valence-corrected chi connectivity index (χ1v) is 9.80. The monoisotopic (exact) mass is 417 g/mol. The SMILES string of the molecule is COc1ccc(NC(=O)c2cc3c(C(N)Cc4ccccn4)ccc(OC)c3o2)cc1. The molecule has 2 heterocycles. The maximum Gasteiger partial charge on any atom is 0.291 e. The van der Waals surface area contributed by atoms with Gasteiger partial charge in [0.2, 0.25) is 0 Å². The van der Waals surface area contributed by atoms with Crippen LogP contribution < -0.4 is 20.5 Å². The lowest BCUT2D eigenvalue weighted by molar-refractivity contribution is 0.0998. The molecule has 7 nitrogen and oxygen atoms in total. The number of ether oxygens (including phenoxy) is 2. The second-order valence-electron chi connectivity index (χ2n) is 7.02. The Morgan fingerprint density at radius 1 is 1.10 bits per heavy atom. The number of benzene rings is 2. The summed E-state index contributed by atoms with van der Waals surface area (Å²) in [6.07, 6.45) is 2.30. The van der Waals surface area contributed by atoms with Crippen molar-refractivity contribution < 1.29 is 18.7 Å². The largest absolute Gasteiger partial charge is 0.497 e. The molecule has 2 aromatic carbocycles. The van der Waals surface area contributed by atoms with E-state index in [0.717, 1.165) is 16.6 Å². The lowest BCUT2D eigenvalue weighted by Gasteiger charge is -2.13. The summed E-state index contributed by atoms with van der Waals surface area (Å²) in [7, 11) is 3.15. The first kappa shape index (κ1) is 20.4. The highest BCUT2D eigenvalue weighted by molar-refractivity contribution is 6.05. The van der Waals surface area contributed by atoms with Crippen molar-refractivity contribution in [3.63, 3.8) is 0 Å². The summed E-state index contributed by atoms with van der Waals surface area (Å²) in [4.78, 5) is 17.1. The average molecular weight is 417 g/mol. The minimum absolute atomic E-state index is 0.168. The van der Waals surface area contributed by atoms with E-state index in [1.165, 1.54) is 0 Å². The first-order valence-electron chi connectivity index (χ1n) is 9.80. The summed E-state index contributed by atoms with van der Waals surface area (Å²) in [5, 5.41) is 3.56. The van der Waals surface area contributed by atoms with Crippen LogP contribution in [0.15, 0.2) is 71.3 Å². The Balaban J connectivity index is 1.64. The number of carbonyl (C=O) groups excluding carboxylic acids is 1. The van der Waals surface area contributed by atoms with E-state index in [1.807, 2.05) is 24.3 Å². The molecule has 0 saturated carbocycles. The lowest BCUT2D eigenvalue weighted by Crippen LogP contribution is -2.14. The van der Waals surface area contributed by atoms with Crippen LogP contribution in [0.2, 0.25) is 0 Å². The molecule has 0 saturated heterocycles. The van der Waals surface area contributed by atoms with Crippen LogP contribution in [0.25, 0.3) is 11.0 Å². The standard InChI is InChI=1S/C24H23N3O4/c1-29-17-8-6-15(7-9-17)27-24(28)22-14-19-18(10-11-21(30-2)23(19)31-22)20(25)13-16-5-3-4-12-26-16/h3-12,14,20H,13,25H2,1-2H3,(H,27,28). The molecule has 0 radical (unpaired) electrons. The highest BCUT2D eigenvalue weighted by atomic mass is 16.5. The minimum atomic E-state index is -0.368. The Kier molecular flexibility index (Phi) is 5.86. The Hall–Kier alpha value is -3.84. The van der Waals surface area contributed by atoms with Gasteiger partial charge in [-0.15, -0.1) is 0 Å². The number of nitrogens with zero attached hydrogens (tertiary/aromatic N) is 1. The molecule has 0 spiro atoms. The van der Waals surface area contributed by atoms with Crippen molar-refractivity contribution in [2.75, 3.05) is 19.5 Å². The fourth-order valence-corrected chi connectivity index (χ4v) is 3.44. The molecule has 1 amide bonds. The van der Waals surface area contributed by atoms with Crippen molar-refractivity contribution in [1.82, 2.24) is 4.98 Å². The number of rotatable bonds is 7. The number of pyridine rings is 1. The molecule has 1 atom stereocenters. The molecule has 3 N–H and O–H groups in total. The van der Waals surface area contributed by atoms with Gasteiger partial charge < -0.3 is 24.9 Å². The number of carbonyl (C=O) groups is 1. The summed E-state index contributed by atoms with van der Waals surface area (Å²) in [5.74, 6) is 1.04. The van der Waals surface area contributed by atoms with Gasteiger partial charge in [0.1, 0.15) is 5.75 Å². The van der Waals surface area contributed by atoms with Crippen LogP contribution in [0, 0.1) is 0 Å². The average Bonchev–Trinajstić information content (AvgIpc) is 3.25. The molecule has 1 unspecified atom stereocenters. The van der Waals surface area contributed by atoms with Crippen LogP contribution in [0.5, 0.6) is 11.5 Å². The number of aromatic nitrogens is 1. The molecule has 0 aliphatic carbocycles. The van der Waals surface area contributed by atoms with Crippen molar-refractivity contribution in [2.24, 2.45) is 5.73 Å². The number of nitrogens with two attached hydrogens (primary N) is 1. The summed E-state index contributed by atoms with van der Waals surface area (Å²) >= 11 is 0. The predicted octanol–water partition coefficient (Wildman–Crippen LogP) is 4.34. The smallest absolute Gasteiger partial charge is 0.291 e. The zero-order valence-electron chi connectivity index (χ0n) is 17.3. The molecule has 158 valence electrons. The third-order valence-electron chi connectivity index (χ3n) is 5.03. The summed E-state index contributed by atoms with van der Waals surface area (Å²) in [6, 6.07) is 17.9. The van der Waals surface area contributed by atoms with Crippen LogP contribution in [0.3, 0.4) is 0 Å². The Labute approximate surface area is 179 Å². The van der Waals surface area contributed by atoms with Gasteiger partial charge in [-0.3, -0.25) is 9.78 Å². The minimum Gasteiger partial charge on any atom is -0.497 e. The van der Waals surface area contributed by atoms with Crippen molar-refractivity contribution >= 4 is 22.6 Å². The molecule has 4 rings (SSSR count). The molecular formula is C24H23N3O4. The van der Waals surface area contributed by atoms with E-state index < -0.39 is 0 Å². The van der Waals surface area contributed by atoms with E-state index in [4.69, 9.17) is 19.6 Å². The number of fused-ring (bicyclic) bond motifs is 1. The van der Waals surface area contributed by atoms with Crippen molar-refractivity contribution in [1.29, 1.82) is 0 Å². The highest BCUT2D eigenvalue weighted by Gasteiger charge is 2.21. The van der Waals surface area contributed by atoms with Gasteiger partial charge in [-0.05, 0) is 54.1 Å². The Morgan fingerprint density at radius 2 is 1.90 bits per heavy atom. The fraction of sp³-hybridized carbons (Fsp3) is 0.167. The van der Waals surface area contributed by atoms with Gasteiger partial charge in [-0.25, -0.2) is 0 Å². The van der Waals surface area contributed by atoms with Crippen LogP contribution in [0.1, 0.15) is 27.9 Å². The Morgan fingerprint density at radius 3 is 2.58 bits per heavy atom. The summed E-state index contributed by atoms with van der Waals surface area (Å²) in [6.45, 7) is 0. The van der Waals surface area contributed by atoms with Gasteiger partial charge in [-0.2, -0.15) is 0 Å². The van der Waals surface area contributed by atoms with Crippen molar-refractivity contribution in [3.05, 3.63) is 83.9 Å². The maximum absolute atomic E-state index is 12.8. The molecule has 0 fully saturated rings. The number of hydrogen-bond donors (Lipinski definition) is 2. The van der Waals surface area contributed by atoms with Crippen LogP contribution in [-0.2, 0) is 6.42 Å². The normalized spacial score (nSPS) is 11.8. The van der Waals surface area contributed by atoms with E-state index in [1.54, 1.807) is 56.8 Å². The zero-order valence-corrected chi connectivity index (χ0v) is 17.3. The van der Waals surface area contributed by atoms with Gasteiger partial charge in [0.05, 0.1) is 14.2 Å². The summed E-state index contributed by atoms with van der Waals surface area (Å²) in [5.41, 5.74) is 9.34. The quantitative estimate of drug-likeness (QED) is 0.464. The topological polar surface area (TPSA) is 99.6 Å². The van der Waals surface area contributed by atoms with Gasteiger partial charge in [0.25, 0.3) is 5.91 Å². The van der Waals surface area contributed by atoms with Gasteiger partial charge in [-0.1, -0.05) is 12.1 Å². The molecule has 2 aromatic heterocycles. The zero-order chi connectivity index (χ0) is 21.8. The predicted molar refractivity (Wildman–Crippen MR) is 119 cm³/mol. The van der Waals surface area contributed by atoms with Gasteiger partial charge in [0.15, 0.2) is 17.1 Å². The van der Waals surface area contributed by atoms with E-state index >= 15 is 0 Å². The number of anilines is 1. The fourth-order valence-electron chi connectivity index (χ4n) is 3.44. The molecule has 0 aliphatic rings. The Bertz CT molecular complexity index is 1190. The second-order valence-corrected chi connectivity index (χ2v) is 7.02. The van der Waals surface area contributed by atoms with E-state index in [-0.39, 0.29) is 17.7 Å². The van der Waals surface area contributed by atoms with E-state index in [0.29, 0.717) is 29.2 Å². The van der Waals surface area contributed by atoms with Crippen molar-refractivity contribution in [2.45, 2.75) is 12.5 Å². The lowest BCUT2D eigenvalue weighted by atomic mass is 9.98. The molecule has 0 bridgehead atoms. The van der Waals surface area contributed by atoms with Crippen LogP contribution >= 0.6 is 0 Å². The number of methoxy groups -OCH3 is 2. The number of furan rings is 1. The molecule has 7 heteroatoms. The third-order valence-corrected chi connectivity index (χ3v) is 5.03. The second kappa shape index (κ2) is 8.89. The number of hydrogen-bond acceptors (Lipinski definition) is 6. The molecule has 31 heavy (non-hydrogen) atoms. The number of amides is 1. The first-order chi connectivity index (χ1) is 15.1. The van der Waals surface area contributed by atoms with Crippen LogP contribution in [0.4, 0.5) is 5.69 Å². The van der Waals surface area contributed by atoms with Crippen molar-refractivity contribution in [3.8, 4) is 11.5 Å². The van der Waals surface area contributed by atoms with E-state index in [2.05, 4.69) is 10.3 Å². The molecule has 4 aromatic rings. The number of nitrogens with one attached hydrogen (secondary N) is 1. The van der Waals surface area contributed by atoms with Gasteiger partial charge in [0, 0.05) is 35.4 Å². The maximum atomic E-state index is 12.8. The third kappa shape index (κ3) is 4.36.